The van der Waals surface area contributed by atoms with Gasteiger partial charge >= 0.3 is 0 Å². The zero-order valence-corrected chi connectivity index (χ0v) is 12.6. The summed E-state index contributed by atoms with van der Waals surface area (Å²) in [6.45, 7) is 10.9. The van der Waals surface area contributed by atoms with Crippen LogP contribution in [0.2, 0.25) is 0 Å². The number of nitrogens with one attached hydrogen (secondary N) is 1. The van der Waals surface area contributed by atoms with Crippen LogP contribution in [-0.4, -0.2) is 17.3 Å². The van der Waals surface area contributed by atoms with Crippen LogP contribution < -0.4 is 0 Å². The van der Waals surface area contributed by atoms with E-state index >= 15 is 0 Å². The molecule has 19 heavy (non-hydrogen) atoms. The minimum absolute atomic E-state index is 0.0655. The van der Waals surface area contributed by atoms with E-state index in [2.05, 4.69) is 0 Å². The maximum Gasteiger partial charge on any atom is 0.160 e. The normalized spacial score (nSPS) is 20.1. The Hall–Kier alpha value is -1.51. The second kappa shape index (κ2) is 5.64. The highest BCUT2D eigenvalue weighted by atomic mass is 16.1. The van der Waals surface area contributed by atoms with Crippen molar-refractivity contribution < 1.29 is 9.59 Å². The SMILES string of the molecule is CC(=O)C1=CC(C(C)C)C(=N)C(C(C)C)=C1C(C)=O. The van der Waals surface area contributed by atoms with E-state index in [-0.39, 0.29) is 29.3 Å². The van der Waals surface area contributed by atoms with Crippen LogP contribution in [0.25, 0.3) is 0 Å². The molecular formula is C16H23NO2. The molecule has 104 valence electrons. The van der Waals surface area contributed by atoms with E-state index in [9.17, 15) is 9.59 Å². The molecule has 1 aliphatic rings. The molecule has 3 nitrogen and oxygen atoms in total. The smallest absolute Gasteiger partial charge is 0.160 e. The molecule has 0 aromatic heterocycles. The van der Waals surface area contributed by atoms with Gasteiger partial charge in [0.25, 0.3) is 0 Å². The fourth-order valence-corrected chi connectivity index (χ4v) is 2.60. The lowest BCUT2D eigenvalue weighted by Crippen LogP contribution is -2.30. The van der Waals surface area contributed by atoms with Crippen molar-refractivity contribution in [2.24, 2.45) is 17.8 Å². The molecule has 0 radical (unpaired) electrons. The van der Waals surface area contributed by atoms with Crippen LogP contribution in [0.3, 0.4) is 0 Å². The number of carbonyl (C=O) groups excluding carboxylic acids is 2. The second-order valence-corrected chi connectivity index (χ2v) is 5.82. The van der Waals surface area contributed by atoms with E-state index in [1.165, 1.54) is 13.8 Å². The molecule has 3 heteroatoms. The zero-order chi connectivity index (χ0) is 14.9. The first-order valence-corrected chi connectivity index (χ1v) is 6.75. The number of hydrogen-bond acceptors (Lipinski definition) is 3. The van der Waals surface area contributed by atoms with Gasteiger partial charge in [0, 0.05) is 22.8 Å². The molecule has 1 unspecified atom stereocenters. The van der Waals surface area contributed by atoms with Crippen LogP contribution in [0, 0.1) is 23.2 Å². The van der Waals surface area contributed by atoms with Gasteiger partial charge in [0.2, 0.25) is 0 Å². The zero-order valence-electron chi connectivity index (χ0n) is 12.6. The third-order valence-electron chi connectivity index (χ3n) is 3.54. The quantitative estimate of drug-likeness (QED) is 0.843. The van der Waals surface area contributed by atoms with Gasteiger partial charge in [-0.1, -0.05) is 33.8 Å². The number of Topliss-reactive ketones (excluding diaryl/α,β-unsaturated/α-hetero) is 2. The highest BCUT2D eigenvalue weighted by Crippen LogP contribution is 2.34. The lowest BCUT2D eigenvalue weighted by Gasteiger charge is -2.30. The topological polar surface area (TPSA) is 58.0 Å². The van der Waals surface area contributed by atoms with Crippen molar-refractivity contribution in [3.8, 4) is 0 Å². The molecule has 1 aliphatic carbocycles. The molecule has 0 bridgehead atoms. The fourth-order valence-electron chi connectivity index (χ4n) is 2.60. The molecule has 0 aromatic rings. The van der Waals surface area contributed by atoms with Crippen LogP contribution in [0.15, 0.2) is 22.8 Å². The first-order chi connectivity index (χ1) is 8.68. The fraction of sp³-hybridized carbons (Fsp3) is 0.562. The van der Waals surface area contributed by atoms with Crippen molar-refractivity contribution >= 4 is 17.3 Å². The van der Waals surface area contributed by atoms with Crippen LogP contribution in [0.4, 0.5) is 0 Å². The van der Waals surface area contributed by atoms with Crippen LogP contribution in [0.5, 0.6) is 0 Å². The summed E-state index contributed by atoms with van der Waals surface area (Å²) in [5, 5.41) is 8.35. The van der Waals surface area contributed by atoms with Crippen molar-refractivity contribution in [1.82, 2.24) is 0 Å². The van der Waals surface area contributed by atoms with Gasteiger partial charge in [-0.25, -0.2) is 0 Å². The van der Waals surface area contributed by atoms with Gasteiger partial charge in [-0.05, 0) is 31.3 Å². The molecule has 0 spiro atoms. The van der Waals surface area contributed by atoms with Crippen molar-refractivity contribution in [3.05, 3.63) is 22.8 Å². The Morgan fingerprint density at radius 2 is 1.63 bits per heavy atom. The Morgan fingerprint density at radius 1 is 1.11 bits per heavy atom. The number of ketones is 2. The maximum absolute atomic E-state index is 11.9. The van der Waals surface area contributed by atoms with Gasteiger partial charge in [0.15, 0.2) is 11.6 Å². The molecular weight excluding hydrogens is 238 g/mol. The Kier molecular flexibility index (Phi) is 4.61. The average Bonchev–Trinajstić information content (AvgIpc) is 2.26. The number of hydrogen-bond donors (Lipinski definition) is 1. The third-order valence-corrected chi connectivity index (χ3v) is 3.54. The van der Waals surface area contributed by atoms with Crippen molar-refractivity contribution in [2.75, 3.05) is 0 Å². The molecule has 0 heterocycles. The minimum Gasteiger partial charge on any atom is -0.304 e. The summed E-state index contributed by atoms with van der Waals surface area (Å²) in [6.07, 6.45) is 1.80. The van der Waals surface area contributed by atoms with Gasteiger partial charge in [-0.2, -0.15) is 0 Å². The standard InChI is InChI=1S/C16H23NO2/c1-8(2)12-7-13(10(5)18)15(11(6)19)14(9(3)4)16(12)17/h7-9,12,17H,1-6H3. The van der Waals surface area contributed by atoms with E-state index < -0.39 is 0 Å². The summed E-state index contributed by atoms with van der Waals surface area (Å²) < 4.78 is 0. The molecule has 1 atom stereocenters. The molecule has 0 saturated carbocycles. The molecule has 0 aliphatic heterocycles. The molecule has 0 amide bonds. The van der Waals surface area contributed by atoms with Gasteiger partial charge in [0.1, 0.15) is 0 Å². The van der Waals surface area contributed by atoms with Gasteiger partial charge in [-0.15, -0.1) is 0 Å². The first-order valence-electron chi connectivity index (χ1n) is 6.75. The lowest BCUT2D eigenvalue weighted by atomic mass is 9.73. The first kappa shape index (κ1) is 15.5. The Labute approximate surface area is 115 Å². The molecule has 0 fully saturated rings. The Bertz CT molecular complexity index is 493. The van der Waals surface area contributed by atoms with Gasteiger partial charge < -0.3 is 5.41 Å². The molecule has 0 aromatic carbocycles. The van der Waals surface area contributed by atoms with Gasteiger partial charge in [-0.3, -0.25) is 9.59 Å². The summed E-state index contributed by atoms with van der Waals surface area (Å²) in [4.78, 5) is 23.7. The largest absolute Gasteiger partial charge is 0.304 e. The van der Waals surface area contributed by atoms with E-state index in [0.717, 1.165) is 5.57 Å². The van der Waals surface area contributed by atoms with Gasteiger partial charge in [0.05, 0.1) is 0 Å². The molecule has 1 rings (SSSR count). The summed E-state index contributed by atoms with van der Waals surface area (Å²) >= 11 is 0. The van der Waals surface area contributed by atoms with E-state index in [0.29, 0.717) is 16.9 Å². The Morgan fingerprint density at radius 3 is 1.95 bits per heavy atom. The highest BCUT2D eigenvalue weighted by molar-refractivity contribution is 6.19. The van der Waals surface area contributed by atoms with Crippen molar-refractivity contribution in [3.63, 3.8) is 0 Å². The lowest BCUT2D eigenvalue weighted by molar-refractivity contribution is -0.116. The van der Waals surface area contributed by atoms with E-state index in [4.69, 9.17) is 5.41 Å². The molecule has 0 saturated heterocycles. The third kappa shape index (κ3) is 2.91. The van der Waals surface area contributed by atoms with E-state index in [1.54, 1.807) is 6.08 Å². The summed E-state index contributed by atoms with van der Waals surface area (Å²) in [5.41, 5.74) is 2.16. The molecule has 1 N–H and O–H groups in total. The minimum atomic E-state index is -0.128. The van der Waals surface area contributed by atoms with Crippen LogP contribution in [0.1, 0.15) is 41.5 Å². The second-order valence-electron chi connectivity index (χ2n) is 5.82. The van der Waals surface area contributed by atoms with E-state index in [1.807, 2.05) is 27.7 Å². The maximum atomic E-state index is 11.9. The summed E-state index contributed by atoms with van der Waals surface area (Å²) in [6, 6.07) is 0. The predicted molar refractivity (Wildman–Crippen MR) is 77.4 cm³/mol. The number of carbonyl (C=O) groups is 2. The van der Waals surface area contributed by atoms with Crippen LogP contribution in [-0.2, 0) is 9.59 Å². The van der Waals surface area contributed by atoms with Crippen molar-refractivity contribution in [2.45, 2.75) is 41.5 Å². The highest BCUT2D eigenvalue weighted by Gasteiger charge is 2.33. The van der Waals surface area contributed by atoms with Crippen molar-refractivity contribution in [1.29, 1.82) is 5.41 Å². The monoisotopic (exact) mass is 261 g/mol. The van der Waals surface area contributed by atoms with Crippen LogP contribution >= 0.6 is 0 Å². The number of allylic oxidation sites excluding steroid dienone is 4. The average molecular weight is 261 g/mol. The predicted octanol–water partition coefficient (Wildman–Crippen LogP) is 3.35. The Balaban J connectivity index is 3.56. The summed E-state index contributed by atoms with van der Waals surface area (Å²) in [7, 11) is 0. The summed E-state index contributed by atoms with van der Waals surface area (Å²) in [5.74, 6) is -0.00202. The number of rotatable bonds is 4.